The van der Waals surface area contributed by atoms with Gasteiger partial charge in [-0.1, -0.05) is 32.9 Å². The average Bonchev–Trinajstić information content (AvgIpc) is 2.56. The number of carbonyl (C=O) groups is 2. The number of carbonyl (C=O) groups excluding carboxylic acids is 2. The zero-order valence-corrected chi connectivity index (χ0v) is 14.9. The van der Waals surface area contributed by atoms with Crippen molar-refractivity contribution in [2.24, 2.45) is 11.8 Å². The molecule has 1 aromatic carbocycles. The van der Waals surface area contributed by atoms with Gasteiger partial charge in [0.25, 0.3) is 0 Å². The molecule has 2 rings (SSSR count). The highest BCUT2D eigenvalue weighted by Gasteiger charge is 2.19. The maximum atomic E-state index is 12.0. The molecular formula is C19H29N3O2. The lowest BCUT2D eigenvalue weighted by molar-refractivity contribution is -0.118. The van der Waals surface area contributed by atoms with Gasteiger partial charge in [-0.05, 0) is 49.3 Å². The SMILES string of the molecule is CC1CCC(NC(=O)NCc2ccc(NC(=O)C(C)C)cc2)CC1. The van der Waals surface area contributed by atoms with E-state index in [1.54, 1.807) is 0 Å². The van der Waals surface area contributed by atoms with Gasteiger partial charge in [-0.15, -0.1) is 0 Å². The van der Waals surface area contributed by atoms with E-state index in [-0.39, 0.29) is 17.9 Å². The molecule has 24 heavy (non-hydrogen) atoms. The van der Waals surface area contributed by atoms with E-state index in [1.807, 2.05) is 38.1 Å². The first-order valence-electron chi connectivity index (χ1n) is 8.88. The van der Waals surface area contributed by atoms with Crippen molar-refractivity contribution < 1.29 is 9.59 Å². The second-order valence-electron chi connectivity index (χ2n) is 7.12. The Kier molecular flexibility index (Phi) is 6.64. The quantitative estimate of drug-likeness (QED) is 0.770. The maximum absolute atomic E-state index is 12.0. The number of benzene rings is 1. The number of anilines is 1. The van der Waals surface area contributed by atoms with Crippen LogP contribution >= 0.6 is 0 Å². The summed E-state index contributed by atoms with van der Waals surface area (Å²) in [6.45, 7) is 6.47. The largest absolute Gasteiger partial charge is 0.335 e. The second kappa shape index (κ2) is 8.71. The van der Waals surface area contributed by atoms with Crippen LogP contribution in [0, 0.1) is 11.8 Å². The molecular weight excluding hydrogens is 302 g/mol. The zero-order valence-electron chi connectivity index (χ0n) is 14.9. The monoisotopic (exact) mass is 331 g/mol. The Hall–Kier alpha value is -2.04. The van der Waals surface area contributed by atoms with Gasteiger partial charge in [0.05, 0.1) is 0 Å². The van der Waals surface area contributed by atoms with Gasteiger partial charge in [0, 0.05) is 24.2 Å². The predicted octanol–water partition coefficient (Wildman–Crippen LogP) is 3.66. The standard InChI is InChI=1S/C19H29N3O2/c1-13(2)18(23)21-16-10-6-15(7-11-16)12-20-19(24)22-17-8-4-14(3)5-9-17/h6-7,10-11,13-14,17H,4-5,8-9,12H2,1-3H3,(H,21,23)(H2,20,22,24). The fraction of sp³-hybridized carbons (Fsp3) is 0.579. The van der Waals surface area contributed by atoms with E-state index in [0.29, 0.717) is 12.6 Å². The predicted molar refractivity (Wildman–Crippen MR) is 96.7 cm³/mol. The average molecular weight is 331 g/mol. The van der Waals surface area contributed by atoms with Gasteiger partial charge in [0.2, 0.25) is 5.91 Å². The Morgan fingerprint density at radius 3 is 2.29 bits per heavy atom. The van der Waals surface area contributed by atoms with Crippen molar-refractivity contribution in [1.82, 2.24) is 10.6 Å². The van der Waals surface area contributed by atoms with Gasteiger partial charge in [-0.3, -0.25) is 4.79 Å². The molecule has 1 fully saturated rings. The number of amides is 3. The van der Waals surface area contributed by atoms with Crippen LogP contribution in [-0.2, 0) is 11.3 Å². The molecule has 0 spiro atoms. The molecule has 3 N–H and O–H groups in total. The third-order valence-corrected chi connectivity index (χ3v) is 4.55. The summed E-state index contributed by atoms with van der Waals surface area (Å²) < 4.78 is 0. The lowest BCUT2D eigenvalue weighted by atomic mass is 9.87. The van der Waals surface area contributed by atoms with Crippen molar-refractivity contribution >= 4 is 17.6 Å². The van der Waals surface area contributed by atoms with Crippen LogP contribution in [0.15, 0.2) is 24.3 Å². The lowest BCUT2D eigenvalue weighted by Gasteiger charge is -2.26. The molecule has 132 valence electrons. The first-order valence-corrected chi connectivity index (χ1v) is 8.88. The van der Waals surface area contributed by atoms with Crippen LogP contribution < -0.4 is 16.0 Å². The summed E-state index contributed by atoms with van der Waals surface area (Å²) in [5.74, 6) is 0.737. The van der Waals surface area contributed by atoms with Crippen LogP contribution in [-0.4, -0.2) is 18.0 Å². The summed E-state index contributed by atoms with van der Waals surface area (Å²) in [7, 11) is 0. The van der Waals surface area contributed by atoms with Gasteiger partial charge >= 0.3 is 6.03 Å². The van der Waals surface area contributed by atoms with Crippen molar-refractivity contribution in [1.29, 1.82) is 0 Å². The minimum Gasteiger partial charge on any atom is -0.335 e. The highest BCUT2D eigenvalue weighted by Crippen LogP contribution is 2.23. The molecule has 0 atom stereocenters. The van der Waals surface area contributed by atoms with E-state index in [2.05, 4.69) is 22.9 Å². The van der Waals surface area contributed by atoms with Crippen molar-refractivity contribution in [3.63, 3.8) is 0 Å². The van der Waals surface area contributed by atoms with Crippen molar-refractivity contribution in [3.8, 4) is 0 Å². The molecule has 1 aromatic rings. The Morgan fingerprint density at radius 1 is 1.08 bits per heavy atom. The van der Waals surface area contributed by atoms with Gasteiger partial charge in [-0.25, -0.2) is 4.79 Å². The molecule has 0 aliphatic heterocycles. The maximum Gasteiger partial charge on any atom is 0.315 e. The molecule has 1 aliphatic carbocycles. The summed E-state index contributed by atoms with van der Waals surface area (Å²) in [5.41, 5.74) is 1.78. The highest BCUT2D eigenvalue weighted by molar-refractivity contribution is 5.92. The molecule has 0 unspecified atom stereocenters. The van der Waals surface area contributed by atoms with E-state index in [9.17, 15) is 9.59 Å². The van der Waals surface area contributed by atoms with E-state index in [1.165, 1.54) is 12.8 Å². The van der Waals surface area contributed by atoms with Gasteiger partial charge in [0.15, 0.2) is 0 Å². The minimum absolute atomic E-state index is 0.00190. The molecule has 0 saturated heterocycles. The molecule has 1 aliphatic rings. The van der Waals surface area contributed by atoms with Crippen LogP contribution in [0.5, 0.6) is 0 Å². The van der Waals surface area contributed by atoms with Gasteiger partial charge < -0.3 is 16.0 Å². The molecule has 0 radical (unpaired) electrons. The van der Waals surface area contributed by atoms with Crippen molar-refractivity contribution in [2.45, 2.75) is 59.0 Å². The fourth-order valence-corrected chi connectivity index (χ4v) is 2.82. The summed E-state index contributed by atoms with van der Waals surface area (Å²) in [4.78, 5) is 23.6. The van der Waals surface area contributed by atoms with Crippen molar-refractivity contribution in [2.75, 3.05) is 5.32 Å². The third-order valence-electron chi connectivity index (χ3n) is 4.55. The second-order valence-corrected chi connectivity index (χ2v) is 7.12. The molecule has 0 bridgehead atoms. The first-order chi connectivity index (χ1) is 11.4. The van der Waals surface area contributed by atoms with Crippen LogP contribution in [0.2, 0.25) is 0 Å². The first kappa shape index (κ1) is 18.3. The van der Waals surface area contributed by atoms with Crippen LogP contribution in [0.1, 0.15) is 52.0 Å². The topological polar surface area (TPSA) is 70.2 Å². The molecule has 5 heteroatoms. The van der Waals surface area contributed by atoms with Crippen LogP contribution in [0.25, 0.3) is 0 Å². The molecule has 3 amide bonds. The van der Waals surface area contributed by atoms with Gasteiger partial charge in [-0.2, -0.15) is 0 Å². The van der Waals surface area contributed by atoms with E-state index in [0.717, 1.165) is 30.0 Å². The summed E-state index contributed by atoms with van der Waals surface area (Å²) >= 11 is 0. The highest BCUT2D eigenvalue weighted by atomic mass is 16.2. The minimum atomic E-state index is -0.105. The summed E-state index contributed by atoms with van der Waals surface area (Å²) in [5, 5.41) is 8.80. The molecule has 0 heterocycles. The van der Waals surface area contributed by atoms with Gasteiger partial charge in [0.1, 0.15) is 0 Å². The number of hydrogen-bond donors (Lipinski definition) is 3. The Labute approximate surface area is 144 Å². The van der Waals surface area contributed by atoms with Crippen LogP contribution in [0.4, 0.5) is 10.5 Å². The third kappa shape index (κ3) is 5.87. The Bertz CT molecular complexity index is 546. The number of hydrogen-bond acceptors (Lipinski definition) is 2. The number of rotatable bonds is 5. The van der Waals surface area contributed by atoms with Crippen molar-refractivity contribution in [3.05, 3.63) is 29.8 Å². The van der Waals surface area contributed by atoms with Crippen LogP contribution in [0.3, 0.4) is 0 Å². The smallest absolute Gasteiger partial charge is 0.315 e. The number of nitrogens with one attached hydrogen (secondary N) is 3. The number of urea groups is 1. The summed E-state index contributed by atoms with van der Waals surface area (Å²) in [6, 6.07) is 7.74. The molecule has 0 aromatic heterocycles. The molecule has 1 saturated carbocycles. The zero-order chi connectivity index (χ0) is 17.5. The lowest BCUT2D eigenvalue weighted by Crippen LogP contribution is -2.43. The van der Waals surface area contributed by atoms with E-state index in [4.69, 9.17) is 0 Å². The fourth-order valence-electron chi connectivity index (χ4n) is 2.82. The molecule has 5 nitrogen and oxygen atoms in total. The normalized spacial score (nSPS) is 20.5. The van der Waals surface area contributed by atoms with E-state index >= 15 is 0 Å². The van der Waals surface area contributed by atoms with E-state index < -0.39 is 0 Å². The summed E-state index contributed by atoms with van der Waals surface area (Å²) in [6.07, 6.45) is 4.51. The Morgan fingerprint density at radius 2 is 1.71 bits per heavy atom. The Balaban J connectivity index is 1.73.